The minimum absolute atomic E-state index is 0.0561. The zero-order valence-corrected chi connectivity index (χ0v) is 12.7. The number of hydrogen-bond acceptors (Lipinski definition) is 4. The van der Waals surface area contributed by atoms with Gasteiger partial charge in [0.05, 0.1) is 30.8 Å². The molecule has 0 aliphatic heterocycles. The fourth-order valence-corrected chi connectivity index (χ4v) is 2.90. The maximum absolute atomic E-state index is 12.2. The van der Waals surface area contributed by atoms with Crippen molar-refractivity contribution in [2.24, 2.45) is 0 Å². The normalized spacial score (nSPS) is 11.7. The highest BCUT2D eigenvalue weighted by molar-refractivity contribution is 7.85. The maximum Gasteiger partial charge on any atom is 0.175 e. The Morgan fingerprint density at radius 3 is 2.29 bits per heavy atom. The van der Waals surface area contributed by atoms with Crippen LogP contribution in [0.15, 0.2) is 53.4 Å². The summed E-state index contributed by atoms with van der Waals surface area (Å²) >= 11 is 0. The van der Waals surface area contributed by atoms with E-state index in [9.17, 15) is 9.00 Å². The van der Waals surface area contributed by atoms with Crippen molar-refractivity contribution in [1.29, 1.82) is 0 Å². The third-order valence-electron chi connectivity index (χ3n) is 2.97. The first kappa shape index (κ1) is 15.3. The fourth-order valence-electron chi connectivity index (χ4n) is 1.87. The summed E-state index contributed by atoms with van der Waals surface area (Å²) in [5.41, 5.74) is 0.455. The van der Waals surface area contributed by atoms with Crippen LogP contribution in [0, 0.1) is 0 Å². The topological polar surface area (TPSA) is 52.6 Å². The molecule has 21 heavy (non-hydrogen) atoms. The van der Waals surface area contributed by atoms with Crippen LogP contribution in [0.3, 0.4) is 0 Å². The highest BCUT2D eigenvalue weighted by atomic mass is 32.2. The van der Waals surface area contributed by atoms with Gasteiger partial charge in [-0.25, -0.2) is 0 Å². The summed E-state index contributed by atoms with van der Waals surface area (Å²) in [6, 6.07) is 13.8. The van der Waals surface area contributed by atoms with Gasteiger partial charge >= 0.3 is 0 Å². The molecule has 4 nitrogen and oxygen atoms in total. The van der Waals surface area contributed by atoms with Crippen molar-refractivity contribution in [2.45, 2.75) is 4.90 Å². The number of benzene rings is 2. The van der Waals surface area contributed by atoms with Gasteiger partial charge in [0.15, 0.2) is 17.3 Å². The van der Waals surface area contributed by atoms with Crippen LogP contribution in [0.25, 0.3) is 0 Å². The van der Waals surface area contributed by atoms with Gasteiger partial charge in [-0.15, -0.1) is 0 Å². The molecular weight excluding hydrogens is 288 g/mol. The minimum Gasteiger partial charge on any atom is -0.493 e. The number of carbonyl (C=O) groups is 1. The summed E-state index contributed by atoms with van der Waals surface area (Å²) in [5, 5.41) is 0. The molecular formula is C16H16O4S. The monoisotopic (exact) mass is 304 g/mol. The number of methoxy groups -OCH3 is 2. The molecule has 0 bridgehead atoms. The molecule has 0 fully saturated rings. The van der Waals surface area contributed by atoms with Crippen LogP contribution in [0.4, 0.5) is 0 Å². The Balaban J connectivity index is 2.15. The Bertz CT molecular complexity index is 653. The van der Waals surface area contributed by atoms with E-state index in [-0.39, 0.29) is 11.5 Å². The van der Waals surface area contributed by atoms with Crippen LogP contribution in [0.1, 0.15) is 10.4 Å². The minimum atomic E-state index is -1.35. The molecule has 1 unspecified atom stereocenters. The van der Waals surface area contributed by atoms with E-state index in [4.69, 9.17) is 9.47 Å². The lowest BCUT2D eigenvalue weighted by Gasteiger charge is -2.09. The van der Waals surface area contributed by atoms with Gasteiger partial charge in [-0.3, -0.25) is 9.00 Å². The molecule has 1 atom stereocenters. The molecule has 0 saturated heterocycles. The average molecular weight is 304 g/mol. The molecule has 110 valence electrons. The molecule has 2 aromatic carbocycles. The molecule has 0 aliphatic rings. The first-order chi connectivity index (χ1) is 10.2. The van der Waals surface area contributed by atoms with Gasteiger partial charge < -0.3 is 9.47 Å². The summed E-state index contributed by atoms with van der Waals surface area (Å²) < 4.78 is 22.4. The van der Waals surface area contributed by atoms with Crippen molar-refractivity contribution in [3.63, 3.8) is 0 Å². The van der Waals surface area contributed by atoms with Crippen molar-refractivity contribution in [2.75, 3.05) is 20.0 Å². The van der Waals surface area contributed by atoms with Crippen LogP contribution in [0.5, 0.6) is 11.5 Å². The van der Waals surface area contributed by atoms with Crippen molar-refractivity contribution in [1.82, 2.24) is 0 Å². The fraction of sp³-hybridized carbons (Fsp3) is 0.188. The van der Waals surface area contributed by atoms with Gasteiger partial charge in [-0.1, -0.05) is 18.2 Å². The molecule has 0 aliphatic carbocycles. The first-order valence-electron chi connectivity index (χ1n) is 6.34. The molecule has 5 heteroatoms. The molecule has 0 radical (unpaired) electrons. The summed E-state index contributed by atoms with van der Waals surface area (Å²) in [5.74, 6) is 0.782. The third-order valence-corrected chi connectivity index (χ3v) is 4.30. The van der Waals surface area contributed by atoms with Crippen molar-refractivity contribution < 1.29 is 18.5 Å². The Morgan fingerprint density at radius 1 is 1.00 bits per heavy atom. The summed E-state index contributed by atoms with van der Waals surface area (Å²) in [7, 11) is 1.69. The van der Waals surface area contributed by atoms with E-state index in [1.54, 1.807) is 42.5 Å². The zero-order valence-electron chi connectivity index (χ0n) is 11.9. The van der Waals surface area contributed by atoms with E-state index in [2.05, 4.69) is 0 Å². The van der Waals surface area contributed by atoms with E-state index < -0.39 is 10.8 Å². The second-order valence-electron chi connectivity index (χ2n) is 4.30. The van der Waals surface area contributed by atoms with E-state index in [1.807, 2.05) is 6.07 Å². The van der Waals surface area contributed by atoms with Crippen molar-refractivity contribution in [3.8, 4) is 11.5 Å². The Morgan fingerprint density at radius 2 is 1.67 bits per heavy atom. The second-order valence-corrected chi connectivity index (χ2v) is 5.75. The summed E-state index contributed by atoms with van der Waals surface area (Å²) in [4.78, 5) is 12.9. The largest absolute Gasteiger partial charge is 0.493 e. The molecule has 0 amide bonds. The van der Waals surface area contributed by atoms with E-state index >= 15 is 0 Å². The van der Waals surface area contributed by atoms with Crippen LogP contribution in [-0.4, -0.2) is 30.0 Å². The number of carbonyl (C=O) groups excluding carboxylic acids is 1. The van der Waals surface area contributed by atoms with E-state index in [0.717, 1.165) is 0 Å². The Kier molecular flexibility index (Phi) is 5.11. The first-order valence-corrected chi connectivity index (χ1v) is 7.66. The SMILES string of the molecule is COc1ccc(C(=O)CS(=O)c2ccccc2)cc1OC. The predicted molar refractivity (Wildman–Crippen MR) is 81.6 cm³/mol. The molecule has 0 aromatic heterocycles. The van der Waals surface area contributed by atoms with Gasteiger partial charge in [0.2, 0.25) is 0 Å². The third kappa shape index (κ3) is 3.70. The van der Waals surface area contributed by atoms with Crippen LogP contribution in [0.2, 0.25) is 0 Å². The number of hydrogen-bond donors (Lipinski definition) is 0. The van der Waals surface area contributed by atoms with Crippen molar-refractivity contribution >= 4 is 16.6 Å². The van der Waals surface area contributed by atoms with Crippen LogP contribution in [-0.2, 0) is 10.8 Å². The molecule has 0 saturated carbocycles. The van der Waals surface area contributed by atoms with Gasteiger partial charge in [0, 0.05) is 10.5 Å². The second kappa shape index (κ2) is 7.04. The molecule has 0 heterocycles. The Hall–Kier alpha value is -2.14. The summed E-state index contributed by atoms with van der Waals surface area (Å²) in [6.45, 7) is 0. The van der Waals surface area contributed by atoms with E-state index in [1.165, 1.54) is 14.2 Å². The van der Waals surface area contributed by atoms with E-state index in [0.29, 0.717) is 22.0 Å². The number of Topliss-reactive ketones (excluding diaryl/α,β-unsaturated/α-hetero) is 1. The highest BCUT2D eigenvalue weighted by Gasteiger charge is 2.14. The van der Waals surface area contributed by atoms with Gasteiger partial charge in [0.25, 0.3) is 0 Å². The lowest BCUT2D eigenvalue weighted by Crippen LogP contribution is -2.11. The zero-order chi connectivity index (χ0) is 15.2. The molecule has 0 spiro atoms. The molecule has 0 N–H and O–H groups in total. The highest BCUT2D eigenvalue weighted by Crippen LogP contribution is 2.27. The average Bonchev–Trinajstić information content (AvgIpc) is 2.54. The number of rotatable bonds is 6. The predicted octanol–water partition coefficient (Wildman–Crippen LogP) is 2.69. The standard InChI is InChI=1S/C16H16O4S/c1-19-15-9-8-12(10-16(15)20-2)14(17)11-21(18)13-6-4-3-5-7-13/h3-10H,11H2,1-2H3. The maximum atomic E-state index is 12.2. The smallest absolute Gasteiger partial charge is 0.175 e. The van der Waals surface area contributed by atoms with Gasteiger partial charge in [-0.2, -0.15) is 0 Å². The number of ketones is 1. The Labute approximate surface area is 126 Å². The molecule has 2 rings (SSSR count). The van der Waals surface area contributed by atoms with Crippen molar-refractivity contribution in [3.05, 3.63) is 54.1 Å². The lowest BCUT2D eigenvalue weighted by atomic mass is 10.1. The van der Waals surface area contributed by atoms with Crippen LogP contribution < -0.4 is 9.47 Å². The summed E-state index contributed by atoms with van der Waals surface area (Å²) in [6.07, 6.45) is 0. The number of ether oxygens (including phenoxy) is 2. The van der Waals surface area contributed by atoms with Crippen LogP contribution >= 0.6 is 0 Å². The van der Waals surface area contributed by atoms with Gasteiger partial charge in [0.1, 0.15) is 0 Å². The lowest BCUT2D eigenvalue weighted by molar-refractivity contribution is 0.102. The quantitative estimate of drug-likeness (QED) is 0.770. The molecule has 2 aromatic rings. The van der Waals surface area contributed by atoms with Gasteiger partial charge in [-0.05, 0) is 30.3 Å².